The fourth-order valence-electron chi connectivity index (χ4n) is 1.28. The number of rotatable bonds is 1. The Labute approximate surface area is 102 Å². The maximum Gasteiger partial charge on any atom is 0.419 e. The van der Waals surface area contributed by atoms with Gasteiger partial charge in [0.2, 0.25) is 14.2 Å². The van der Waals surface area contributed by atoms with Gasteiger partial charge in [-0.1, -0.05) is 0 Å². The standard InChI is InChI=1S/C8H5F3N2O3S2/c1-18(15,16)7-13-4-5(17-7)3(8(9,10)11)2-12-6(4)14/h2H,1H3,(H,12,14). The van der Waals surface area contributed by atoms with E-state index < -0.39 is 41.7 Å². The van der Waals surface area contributed by atoms with E-state index in [4.69, 9.17) is 0 Å². The number of H-pyrrole nitrogens is 1. The van der Waals surface area contributed by atoms with Gasteiger partial charge in [-0.2, -0.15) is 13.2 Å². The Bertz CT molecular complexity index is 773. The zero-order valence-electron chi connectivity index (χ0n) is 8.70. The molecule has 0 aliphatic heterocycles. The first-order valence-electron chi connectivity index (χ1n) is 4.40. The molecule has 1 N–H and O–H groups in total. The fraction of sp³-hybridized carbons (Fsp3) is 0.250. The van der Waals surface area contributed by atoms with Crippen molar-refractivity contribution >= 4 is 31.4 Å². The number of alkyl halides is 3. The zero-order chi connectivity index (χ0) is 13.7. The molecule has 2 heterocycles. The van der Waals surface area contributed by atoms with E-state index in [1.54, 1.807) is 0 Å². The maximum absolute atomic E-state index is 12.7. The second kappa shape index (κ2) is 3.79. The highest BCUT2D eigenvalue weighted by Gasteiger charge is 2.35. The molecule has 0 aromatic carbocycles. The first-order chi connectivity index (χ1) is 8.10. The molecule has 0 unspecified atom stereocenters. The van der Waals surface area contributed by atoms with Gasteiger partial charge in [-0.15, -0.1) is 11.3 Å². The Hall–Kier alpha value is -1.42. The first kappa shape index (κ1) is 13.0. The number of hydrogen-bond donors (Lipinski definition) is 1. The molecule has 2 aromatic heterocycles. The number of nitrogens with zero attached hydrogens (tertiary/aromatic N) is 1. The lowest BCUT2D eigenvalue weighted by Crippen LogP contribution is -2.12. The van der Waals surface area contributed by atoms with Gasteiger partial charge in [-0.05, 0) is 0 Å². The predicted octanol–water partition coefficient (Wildman–Crippen LogP) is 1.41. The Morgan fingerprint density at radius 3 is 2.50 bits per heavy atom. The van der Waals surface area contributed by atoms with Crippen LogP contribution in [0.4, 0.5) is 13.2 Å². The zero-order valence-corrected chi connectivity index (χ0v) is 10.3. The van der Waals surface area contributed by atoms with Crippen LogP contribution in [0.5, 0.6) is 0 Å². The quantitative estimate of drug-likeness (QED) is 0.863. The van der Waals surface area contributed by atoms with Crippen LogP contribution in [0, 0.1) is 0 Å². The van der Waals surface area contributed by atoms with Crippen LogP contribution in [-0.2, 0) is 16.0 Å². The number of aromatic nitrogens is 2. The Kier molecular flexibility index (Phi) is 2.74. The van der Waals surface area contributed by atoms with Crippen molar-refractivity contribution < 1.29 is 21.6 Å². The summed E-state index contributed by atoms with van der Waals surface area (Å²) in [5.74, 6) is 0. The van der Waals surface area contributed by atoms with Gasteiger partial charge in [-0.25, -0.2) is 13.4 Å². The van der Waals surface area contributed by atoms with Gasteiger partial charge >= 0.3 is 6.18 Å². The second-order valence-electron chi connectivity index (χ2n) is 3.46. The summed E-state index contributed by atoms with van der Waals surface area (Å²) in [6.07, 6.45) is -3.37. The third-order valence-corrected chi connectivity index (χ3v) is 4.80. The second-order valence-corrected chi connectivity index (χ2v) is 6.65. The van der Waals surface area contributed by atoms with E-state index in [9.17, 15) is 26.4 Å². The van der Waals surface area contributed by atoms with Crippen LogP contribution < -0.4 is 5.56 Å². The molecule has 5 nitrogen and oxygen atoms in total. The lowest BCUT2D eigenvalue weighted by molar-refractivity contribution is -0.136. The van der Waals surface area contributed by atoms with Crippen molar-refractivity contribution in [2.75, 3.05) is 6.26 Å². The molecular weight excluding hydrogens is 293 g/mol. The normalized spacial score (nSPS) is 13.1. The molecule has 0 spiro atoms. The largest absolute Gasteiger partial charge is 0.419 e. The van der Waals surface area contributed by atoms with Crippen molar-refractivity contribution in [2.45, 2.75) is 10.5 Å². The Morgan fingerprint density at radius 2 is 2.00 bits per heavy atom. The van der Waals surface area contributed by atoms with Crippen LogP contribution in [0.25, 0.3) is 10.2 Å². The van der Waals surface area contributed by atoms with Crippen molar-refractivity contribution in [2.24, 2.45) is 0 Å². The molecule has 0 bridgehead atoms. The summed E-state index contributed by atoms with van der Waals surface area (Å²) in [5.41, 5.74) is -2.48. The summed E-state index contributed by atoms with van der Waals surface area (Å²) in [5, 5.41) is 0. The molecule has 0 aliphatic carbocycles. The third-order valence-electron chi connectivity index (χ3n) is 2.04. The van der Waals surface area contributed by atoms with Crippen molar-refractivity contribution in [1.29, 1.82) is 0 Å². The molecular formula is C8H5F3N2O3S2. The molecule has 2 rings (SSSR count). The van der Waals surface area contributed by atoms with E-state index in [1.807, 2.05) is 4.98 Å². The highest BCUT2D eigenvalue weighted by atomic mass is 32.2. The number of pyridine rings is 1. The number of aromatic amines is 1. The van der Waals surface area contributed by atoms with Gasteiger partial charge in [0.1, 0.15) is 5.52 Å². The summed E-state index contributed by atoms with van der Waals surface area (Å²) >= 11 is 0.333. The topological polar surface area (TPSA) is 79.9 Å². The van der Waals surface area contributed by atoms with E-state index in [1.165, 1.54) is 0 Å². The number of hydrogen-bond acceptors (Lipinski definition) is 5. The van der Waals surface area contributed by atoms with Gasteiger partial charge in [0.05, 0.1) is 10.3 Å². The number of halogens is 3. The summed E-state index contributed by atoms with van der Waals surface area (Å²) in [4.78, 5) is 16.7. The molecule has 0 amide bonds. The van der Waals surface area contributed by atoms with Gasteiger partial charge in [0, 0.05) is 12.5 Å². The molecule has 0 fully saturated rings. The molecule has 2 aromatic rings. The minimum Gasteiger partial charge on any atom is -0.327 e. The van der Waals surface area contributed by atoms with Crippen LogP contribution >= 0.6 is 11.3 Å². The first-order valence-corrected chi connectivity index (χ1v) is 7.11. The van der Waals surface area contributed by atoms with E-state index in [-0.39, 0.29) is 0 Å². The summed E-state index contributed by atoms with van der Waals surface area (Å²) in [6, 6.07) is 0. The van der Waals surface area contributed by atoms with Gasteiger partial charge in [0.25, 0.3) is 5.56 Å². The number of sulfone groups is 1. The van der Waals surface area contributed by atoms with Gasteiger partial charge < -0.3 is 4.98 Å². The highest BCUT2D eigenvalue weighted by molar-refractivity contribution is 7.92. The molecule has 98 valence electrons. The van der Waals surface area contributed by atoms with Crippen molar-refractivity contribution in [3.63, 3.8) is 0 Å². The van der Waals surface area contributed by atoms with E-state index in [0.29, 0.717) is 17.5 Å². The lowest BCUT2D eigenvalue weighted by Gasteiger charge is -2.05. The lowest BCUT2D eigenvalue weighted by atomic mass is 10.2. The van der Waals surface area contributed by atoms with E-state index >= 15 is 0 Å². The molecule has 0 saturated carbocycles. The van der Waals surface area contributed by atoms with Gasteiger partial charge in [-0.3, -0.25) is 4.79 Å². The average Bonchev–Trinajstić information content (AvgIpc) is 2.60. The number of thiazole rings is 1. The molecule has 0 aliphatic rings. The smallest absolute Gasteiger partial charge is 0.327 e. The Balaban J connectivity index is 2.91. The molecule has 0 saturated heterocycles. The Morgan fingerprint density at radius 1 is 1.39 bits per heavy atom. The summed E-state index contributed by atoms with van der Waals surface area (Å²) in [7, 11) is -3.76. The molecule has 10 heteroatoms. The van der Waals surface area contributed by atoms with Crippen molar-refractivity contribution in [3.05, 3.63) is 22.1 Å². The average molecular weight is 298 g/mol. The van der Waals surface area contributed by atoms with Crippen LogP contribution in [0.15, 0.2) is 15.3 Å². The number of nitrogens with one attached hydrogen (secondary N) is 1. The predicted molar refractivity (Wildman–Crippen MR) is 58.4 cm³/mol. The van der Waals surface area contributed by atoms with Gasteiger partial charge in [0.15, 0.2) is 0 Å². The van der Waals surface area contributed by atoms with Crippen molar-refractivity contribution in [3.8, 4) is 0 Å². The monoisotopic (exact) mass is 298 g/mol. The highest BCUT2D eigenvalue weighted by Crippen LogP contribution is 2.36. The number of fused-ring (bicyclic) bond motifs is 1. The van der Waals surface area contributed by atoms with E-state index in [0.717, 1.165) is 6.26 Å². The van der Waals surface area contributed by atoms with Crippen molar-refractivity contribution in [1.82, 2.24) is 9.97 Å². The van der Waals surface area contributed by atoms with Crippen LogP contribution in [-0.4, -0.2) is 24.6 Å². The summed E-state index contributed by atoms with van der Waals surface area (Å²) < 4.78 is 59.5. The minimum atomic E-state index is -4.69. The molecule has 0 radical (unpaired) electrons. The maximum atomic E-state index is 12.7. The van der Waals surface area contributed by atoms with Crippen LogP contribution in [0.2, 0.25) is 0 Å². The SMILES string of the molecule is CS(=O)(=O)c1nc2c(=O)[nH]cc(C(F)(F)F)c2s1. The molecule has 18 heavy (non-hydrogen) atoms. The molecule has 0 atom stereocenters. The van der Waals surface area contributed by atoms with Crippen LogP contribution in [0.3, 0.4) is 0 Å². The third kappa shape index (κ3) is 2.12. The minimum absolute atomic E-state index is 0.333. The van der Waals surface area contributed by atoms with E-state index in [2.05, 4.69) is 4.98 Å². The van der Waals surface area contributed by atoms with Crippen LogP contribution in [0.1, 0.15) is 5.56 Å². The fourth-order valence-corrected chi connectivity index (χ4v) is 3.22. The summed E-state index contributed by atoms with van der Waals surface area (Å²) in [6.45, 7) is 0.